The van der Waals surface area contributed by atoms with E-state index >= 15 is 0 Å². The molecule has 1 saturated carbocycles. The molecule has 1 aromatic rings. The lowest BCUT2D eigenvalue weighted by atomic mass is 10.0. The first-order chi connectivity index (χ1) is 12.0. The highest BCUT2D eigenvalue weighted by molar-refractivity contribution is 7.90. The topological polar surface area (TPSA) is 73.8 Å². The van der Waals surface area contributed by atoms with E-state index in [0.29, 0.717) is 26.2 Å². The highest BCUT2D eigenvalue weighted by Gasteiger charge is 2.47. The maximum absolute atomic E-state index is 12.6. The van der Waals surface area contributed by atoms with Crippen LogP contribution in [0.2, 0.25) is 0 Å². The number of piperazine rings is 1. The number of carbonyl (C=O) groups excluding carboxylic acids is 1. The molecular formula is C17H24N4O3S. The van der Waals surface area contributed by atoms with Gasteiger partial charge in [0.1, 0.15) is 0 Å². The van der Waals surface area contributed by atoms with Gasteiger partial charge in [0.25, 0.3) is 0 Å². The molecule has 0 N–H and O–H groups in total. The van der Waals surface area contributed by atoms with Crippen LogP contribution in [0.4, 0.5) is 0 Å². The summed E-state index contributed by atoms with van der Waals surface area (Å²) >= 11 is 0. The summed E-state index contributed by atoms with van der Waals surface area (Å²) in [6.45, 7) is 4.62. The zero-order chi connectivity index (χ0) is 17.4. The predicted octanol–water partition coefficient (Wildman–Crippen LogP) is 0.150. The summed E-state index contributed by atoms with van der Waals surface area (Å²) in [5, 5.41) is -0.182. The van der Waals surface area contributed by atoms with Gasteiger partial charge >= 0.3 is 0 Å². The normalized spacial score (nSPS) is 23.4. The third-order valence-electron chi connectivity index (χ3n) is 5.30. The van der Waals surface area contributed by atoms with E-state index in [2.05, 4.69) is 9.88 Å². The Balaban J connectivity index is 1.24. The van der Waals surface area contributed by atoms with Crippen LogP contribution in [0.5, 0.6) is 0 Å². The molecule has 1 aromatic heterocycles. The second-order valence-electron chi connectivity index (χ2n) is 7.18. The Morgan fingerprint density at radius 2 is 1.84 bits per heavy atom. The Hall–Kier alpha value is -1.51. The van der Waals surface area contributed by atoms with Gasteiger partial charge < -0.3 is 4.90 Å². The van der Waals surface area contributed by atoms with E-state index in [1.165, 1.54) is 4.31 Å². The molecule has 3 aliphatic rings. The molecule has 2 aliphatic heterocycles. The Labute approximate surface area is 148 Å². The van der Waals surface area contributed by atoms with Gasteiger partial charge in [-0.25, -0.2) is 8.42 Å². The summed E-state index contributed by atoms with van der Waals surface area (Å²) in [5.74, 6) is -0.0457. The molecule has 3 heterocycles. The van der Waals surface area contributed by atoms with Crippen molar-refractivity contribution in [3.05, 3.63) is 30.1 Å². The van der Waals surface area contributed by atoms with Crippen molar-refractivity contribution >= 4 is 15.9 Å². The number of rotatable bonds is 5. The van der Waals surface area contributed by atoms with E-state index in [0.717, 1.165) is 38.2 Å². The van der Waals surface area contributed by atoms with Crippen molar-refractivity contribution in [1.82, 2.24) is 19.1 Å². The number of carbonyl (C=O) groups is 1. The van der Waals surface area contributed by atoms with E-state index in [1.807, 2.05) is 23.1 Å². The van der Waals surface area contributed by atoms with Crippen molar-refractivity contribution in [2.45, 2.75) is 24.6 Å². The SMILES string of the molecule is O=C(C1CN(S(=O)(=O)C2CC2)C1)N1CCN(Cc2ccccn2)CC1. The van der Waals surface area contributed by atoms with Gasteiger partial charge in [0.15, 0.2) is 0 Å². The smallest absolute Gasteiger partial charge is 0.228 e. The van der Waals surface area contributed by atoms with Gasteiger partial charge in [-0.05, 0) is 25.0 Å². The zero-order valence-electron chi connectivity index (χ0n) is 14.2. The van der Waals surface area contributed by atoms with Crippen LogP contribution in [0.1, 0.15) is 18.5 Å². The fourth-order valence-corrected chi connectivity index (χ4v) is 5.41. The molecule has 0 aromatic carbocycles. The lowest BCUT2D eigenvalue weighted by Gasteiger charge is -2.42. The lowest BCUT2D eigenvalue weighted by molar-refractivity contribution is -0.140. The third kappa shape index (κ3) is 3.56. The molecule has 2 saturated heterocycles. The van der Waals surface area contributed by atoms with Gasteiger partial charge in [-0.2, -0.15) is 4.31 Å². The molecule has 0 spiro atoms. The van der Waals surface area contributed by atoms with Crippen LogP contribution >= 0.6 is 0 Å². The van der Waals surface area contributed by atoms with Crippen LogP contribution < -0.4 is 0 Å². The van der Waals surface area contributed by atoms with Crippen molar-refractivity contribution in [3.8, 4) is 0 Å². The Morgan fingerprint density at radius 1 is 1.12 bits per heavy atom. The summed E-state index contributed by atoms with van der Waals surface area (Å²) in [6, 6.07) is 5.91. The molecule has 136 valence electrons. The maximum atomic E-state index is 12.6. The fourth-order valence-electron chi connectivity index (χ4n) is 3.48. The summed E-state index contributed by atoms with van der Waals surface area (Å²) < 4.78 is 25.7. The quantitative estimate of drug-likeness (QED) is 0.744. The monoisotopic (exact) mass is 364 g/mol. The van der Waals surface area contributed by atoms with E-state index < -0.39 is 10.0 Å². The number of pyridine rings is 1. The highest BCUT2D eigenvalue weighted by atomic mass is 32.2. The van der Waals surface area contributed by atoms with Gasteiger partial charge in [-0.1, -0.05) is 6.07 Å². The minimum absolute atomic E-state index is 0.111. The first-order valence-electron chi connectivity index (χ1n) is 8.94. The second kappa shape index (κ2) is 6.66. The van der Waals surface area contributed by atoms with E-state index in [4.69, 9.17) is 0 Å². The summed E-state index contributed by atoms with van der Waals surface area (Å²) in [7, 11) is -3.12. The maximum Gasteiger partial charge on any atom is 0.228 e. The average Bonchev–Trinajstić information content (AvgIpc) is 3.40. The third-order valence-corrected chi connectivity index (χ3v) is 7.63. The molecule has 0 atom stereocenters. The van der Waals surface area contributed by atoms with E-state index in [-0.39, 0.29) is 17.1 Å². The van der Waals surface area contributed by atoms with Gasteiger partial charge in [0, 0.05) is 52.0 Å². The first-order valence-corrected chi connectivity index (χ1v) is 10.4. The number of hydrogen-bond acceptors (Lipinski definition) is 5. The van der Waals surface area contributed by atoms with E-state index in [9.17, 15) is 13.2 Å². The van der Waals surface area contributed by atoms with Crippen LogP contribution in [-0.2, 0) is 21.4 Å². The average molecular weight is 364 g/mol. The molecule has 4 rings (SSSR count). The molecule has 7 nitrogen and oxygen atoms in total. The Kier molecular flexibility index (Phi) is 4.51. The van der Waals surface area contributed by atoms with Crippen LogP contribution in [0, 0.1) is 5.92 Å². The van der Waals surface area contributed by atoms with E-state index in [1.54, 1.807) is 6.20 Å². The van der Waals surface area contributed by atoms with Crippen LogP contribution in [-0.4, -0.2) is 77.9 Å². The molecule has 0 unspecified atom stereocenters. The standard InChI is InChI=1S/C17H24N4O3S/c22-17(14-11-21(12-14)25(23,24)16-4-5-16)20-9-7-19(8-10-20)13-15-3-1-2-6-18-15/h1-3,6,14,16H,4-5,7-13H2. The predicted molar refractivity (Wildman–Crippen MR) is 93.1 cm³/mol. The molecule has 0 radical (unpaired) electrons. The van der Waals surface area contributed by atoms with Gasteiger partial charge in [0.05, 0.1) is 16.9 Å². The first kappa shape index (κ1) is 16.9. The second-order valence-corrected chi connectivity index (χ2v) is 9.39. The molecule has 25 heavy (non-hydrogen) atoms. The largest absolute Gasteiger partial charge is 0.340 e. The summed E-state index contributed by atoms with van der Waals surface area (Å²) in [5.41, 5.74) is 1.04. The van der Waals surface area contributed by atoms with Crippen molar-refractivity contribution in [3.63, 3.8) is 0 Å². The van der Waals surface area contributed by atoms with Crippen LogP contribution in [0.25, 0.3) is 0 Å². The van der Waals surface area contributed by atoms with Crippen LogP contribution in [0.3, 0.4) is 0 Å². The summed E-state index contributed by atoms with van der Waals surface area (Å²) in [4.78, 5) is 21.1. The van der Waals surface area contributed by atoms with Crippen molar-refractivity contribution in [2.24, 2.45) is 5.92 Å². The highest BCUT2D eigenvalue weighted by Crippen LogP contribution is 2.34. The Bertz CT molecular complexity index is 722. The summed E-state index contributed by atoms with van der Waals surface area (Å²) in [6.07, 6.45) is 3.35. The zero-order valence-corrected chi connectivity index (χ0v) is 15.1. The van der Waals surface area contributed by atoms with Crippen molar-refractivity contribution < 1.29 is 13.2 Å². The van der Waals surface area contributed by atoms with Crippen molar-refractivity contribution in [1.29, 1.82) is 0 Å². The van der Waals surface area contributed by atoms with Crippen molar-refractivity contribution in [2.75, 3.05) is 39.3 Å². The molecule has 1 aliphatic carbocycles. The number of nitrogens with zero attached hydrogens (tertiary/aromatic N) is 4. The number of sulfonamides is 1. The molecule has 3 fully saturated rings. The van der Waals surface area contributed by atoms with Gasteiger partial charge in [0.2, 0.25) is 15.9 Å². The Morgan fingerprint density at radius 3 is 2.44 bits per heavy atom. The minimum Gasteiger partial charge on any atom is -0.340 e. The lowest BCUT2D eigenvalue weighted by Crippen LogP contribution is -2.59. The van der Waals surface area contributed by atoms with Crippen LogP contribution in [0.15, 0.2) is 24.4 Å². The fraction of sp³-hybridized carbons (Fsp3) is 0.647. The molecule has 8 heteroatoms. The molecule has 0 bridgehead atoms. The number of hydrogen-bond donors (Lipinski definition) is 0. The van der Waals surface area contributed by atoms with Gasteiger partial charge in [-0.15, -0.1) is 0 Å². The molecular weight excluding hydrogens is 340 g/mol. The number of amides is 1. The van der Waals surface area contributed by atoms with Gasteiger partial charge in [-0.3, -0.25) is 14.7 Å². The minimum atomic E-state index is -3.12. The molecule has 1 amide bonds. The number of aromatic nitrogens is 1.